The van der Waals surface area contributed by atoms with E-state index in [0.29, 0.717) is 17.2 Å². The Kier molecular flexibility index (Phi) is 4.23. The summed E-state index contributed by atoms with van der Waals surface area (Å²) in [7, 11) is 0. The molecule has 0 atom stereocenters. The molecule has 1 aromatic rings. The fourth-order valence-electron chi connectivity index (χ4n) is 1.18. The van der Waals surface area contributed by atoms with Gasteiger partial charge in [0, 0.05) is 6.61 Å². The third-order valence-corrected chi connectivity index (χ3v) is 2.05. The predicted octanol–water partition coefficient (Wildman–Crippen LogP) is 2.66. The van der Waals surface area contributed by atoms with Gasteiger partial charge in [0.2, 0.25) is 0 Å². The molecule has 14 heavy (non-hydrogen) atoms. The molecule has 0 spiro atoms. The van der Waals surface area contributed by atoms with E-state index in [4.69, 9.17) is 21.4 Å². The quantitative estimate of drug-likeness (QED) is 0.835. The summed E-state index contributed by atoms with van der Waals surface area (Å²) in [4.78, 5) is 0. The third kappa shape index (κ3) is 3.20. The van der Waals surface area contributed by atoms with Gasteiger partial charge in [-0.2, -0.15) is 0 Å². The zero-order chi connectivity index (χ0) is 10.6. The summed E-state index contributed by atoms with van der Waals surface area (Å²) >= 11 is 6.00. The maximum Gasteiger partial charge on any atom is 0.138 e. The minimum atomic E-state index is 0.121. The molecule has 0 radical (unpaired) electrons. The van der Waals surface area contributed by atoms with Crippen molar-refractivity contribution in [3.05, 3.63) is 28.8 Å². The van der Waals surface area contributed by atoms with Crippen LogP contribution in [-0.2, 0) is 6.42 Å². The standard InChI is InChI=1S/C11H15ClO2/c1-8(2)14-11-4-3-9(5-6-13)7-10(11)12/h3-4,7-8,13H,5-6H2,1-2H3. The Hall–Kier alpha value is -0.730. The lowest BCUT2D eigenvalue weighted by atomic mass is 10.1. The van der Waals surface area contributed by atoms with Crippen molar-refractivity contribution in [1.29, 1.82) is 0 Å². The van der Waals surface area contributed by atoms with Crippen LogP contribution in [0.25, 0.3) is 0 Å². The van der Waals surface area contributed by atoms with Gasteiger partial charge >= 0.3 is 0 Å². The van der Waals surface area contributed by atoms with E-state index in [-0.39, 0.29) is 12.7 Å². The first-order valence-corrected chi connectivity index (χ1v) is 5.07. The third-order valence-electron chi connectivity index (χ3n) is 1.76. The van der Waals surface area contributed by atoms with Gasteiger partial charge in [-0.3, -0.25) is 0 Å². The van der Waals surface area contributed by atoms with Crippen molar-refractivity contribution in [3.8, 4) is 5.75 Å². The van der Waals surface area contributed by atoms with Crippen molar-refractivity contribution in [2.45, 2.75) is 26.4 Å². The Balaban J connectivity index is 2.79. The number of aliphatic hydroxyl groups excluding tert-OH is 1. The van der Waals surface area contributed by atoms with Crippen molar-refractivity contribution in [3.63, 3.8) is 0 Å². The van der Waals surface area contributed by atoms with Crippen molar-refractivity contribution >= 4 is 11.6 Å². The molecule has 0 aliphatic carbocycles. The second kappa shape index (κ2) is 5.23. The molecule has 2 nitrogen and oxygen atoms in total. The molecule has 1 aromatic carbocycles. The highest BCUT2D eigenvalue weighted by Crippen LogP contribution is 2.26. The number of rotatable bonds is 4. The summed E-state index contributed by atoms with van der Waals surface area (Å²) in [6, 6.07) is 5.59. The molecule has 0 saturated heterocycles. The van der Waals surface area contributed by atoms with Crippen molar-refractivity contribution in [1.82, 2.24) is 0 Å². The lowest BCUT2D eigenvalue weighted by molar-refractivity contribution is 0.242. The Morgan fingerprint density at radius 1 is 1.43 bits per heavy atom. The lowest BCUT2D eigenvalue weighted by Crippen LogP contribution is -2.06. The summed E-state index contributed by atoms with van der Waals surface area (Å²) in [6.07, 6.45) is 0.748. The summed E-state index contributed by atoms with van der Waals surface area (Å²) in [5, 5.41) is 9.35. The van der Waals surface area contributed by atoms with Crippen LogP contribution < -0.4 is 4.74 Å². The van der Waals surface area contributed by atoms with E-state index >= 15 is 0 Å². The topological polar surface area (TPSA) is 29.5 Å². The highest BCUT2D eigenvalue weighted by atomic mass is 35.5. The van der Waals surface area contributed by atoms with Crippen LogP contribution in [0.2, 0.25) is 5.02 Å². The van der Waals surface area contributed by atoms with E-state index in [1.165, 1.54) is 0 Å². The minimum absolute atomic E-state index is 0.121. The van der Waals surface area contributed by atoms with Crippen molar-refractivity contribution < 1.29 is 9.84 Å². The number of aliphatic hydroxyl groups is 1. The first-order chi connectivity index (χ1) is 6.63. The van der Waals surface area contributed by atoms with E-state index in [9.17, 15) is 0 Å². The fraction of sp³-hybridized carbons (Fsp3) is 0.455. The predicted molar refractivity (Wildman–Crippen MR) is 58.0 cm³/mol. The van der Waals surface area contributed by atoms with Gasteiger partial charge < -0.3 is 9.84 Å². The van der Waals surface area contributed by atoms with Gasteiger partial charge in [0.25, 0.3) is 0 Å². The van der Waals surface area contributed by atoms with Crippen LogP contribution in [0.4, 0.5) is 0 Å². The number of hydrogen-bond donors (Lipinski definition) is 1. The summed E-state index contributed by atoms with van der Waals surface area (Å²) < 4.78 is 5.48. The van der Waals surface area contributed by atoms with Crippen LogP contribution in [0.3, 0.4) is 0 Å². The van der Waals surface area contributed by atoms with Gasteiger partial charge in [0.05, 0.1) is 11.1 Å². The molecule has 0 aromatic heterocycles. The van der Waals surface area contributed by atoms with E-state index < -0.39 is 0 Å². The maximum atomic E-state index is 8.75. The average Bonchev–Trinajstić information content (AvgIpc) is 2.10. The summed E-state index contributed by atoms with van der Waals surface area (Å²) in [5.74, 6) is 0.698. The molecular formula is C11H15ClO2. The van der Waals surface area contributed by atoms with Crippen molar-refractivity contribution in [2.24, 2.45) is 0 Å². The Morgan fingerprint density at radius 2 is 2.14 bits per heavy atom. The fourth-order valence-corrected chi connectivity index (χ4v) is 1.43. The van der Waals surface area contributed by atoms with Crippen LogP contribution in [0.15, 0.2) is 18.2 Å². The largest absolute Gasteiger partial charge is 0.489 e. The van der Waals surface area contributed by atoms with E-state index in [0.717, 1.165) is 5.56 Å². The van der Waals surface area contributed by atoms with E-state index in [1.54, 1.807) is 0 Å². The minimum Gasteiger partial charge on any atom is -0.489 e. The molecule has 1 N–H and O–H groups in total. The lowest BCUT2D eigenvalue weighted by Gasteiger charge is -2.11. The number of hydrogen-bond acceptors (Lipinski definition) is 2. The molecule has 0 aliphatic heterocycles. The highest BCUT2D eigenvalue weighted by Gasteiger charge is 2.04. The Labute approximate surface area is 89.5 Å². The SMILES string of the molecule is CC(C)Oc1ccc(CCO)cc1Cl. The van der Waals surface area contributed by atoms with Gasteiger partial charge in [-0.05, 0) is 38.0 Å². The molecule has 0 bridgehead atoms. The molecule has 0 unspecified atom stereocenters. The molecule has 1 rings (SSSR count). The molecule has 0 heterocycles. The second-order valence-electron chi connectivity index (χ2n) is 3.40. The molecule has 78 valence electrons. The first-order valence-electron chi connectivity index (χ1n) is 4.69. The van der Waals surface area contributed by atoms with E-state index in [1.807, 2.05) is 32.0 Å². The number of halogens is 1. The van der Waals surface area contributed by atoms with Crippen LogP contribution in [0.5, 0.6) is 5.75 Å². The second-order valence-corrected chi connectivity index (χ2v) is 3.81. The van der Waals surface area contributed by atoms with Crippen molar-refractivity contribution in [2.75, 3.05) is 6.61 Å². The van der Waals surface area contributed by atoms with E-state index in [2.05, 4.69) is 0 Å². The maximum absolute atomic E-state index is 8.75. The molecule has 3 heteroatoms. The van der Waals surface area contributed by atoms with Crippen LogP contribution >= 0.6 is 11.6 Å². The molecule has 0 fully saturated rings. The van der Waals surface area contributed by atoms with Crippen LogP contribution in [-0.4, -0.2) is 17.8 Å². The summed E-state index contributed by atoms with van der Waals surface area (Å²) in [6.45, 7) is 4.05. The monoisotopic (exact) mass is 214 g/mol. The van der Waals surface area contributed by atoms with Crippen LogP contribution in [0, 0.1) is 0 Å². The Morgan fingerprint density at radius 3 is 2.64 bits per heavy atom. The van der Waals surface area contributed by atoms with Gasteiger partial charge in [0.1, 0.15) is 5.75 Å². The Bertz CT molecular complexity index is 297. The smallest absolute Gasteiger partial charge is 0.138 e. The van der Waals surface area contributed by atoms with Gasteiger partial charge in [0.15, 0.2) is 0 Å². The average molecular weight is 215 g/mol. The zero-order valence-corrected chi connectivity index (χ0v) is 9.21. The molecule has 0 saturated carbocycles. The van der Waals surface area contributed by atoms with Gasteiger partial charge in [-0.25, -0.2) is 0 Å². The molecular weight excluding hydrogens is 200 g/mol. The molecule has 0 amide bonds. The summed E-state index contributed by atoms with van der Waals surface area (Å²) in [5.41, 5.74) is 1.02. The normalized spacial score (nSPS) is 10.6. The zero-order valence-electron chi connectivity index (χ0n) is 8.46. The van der Waals surface area contributed by atoms with Crippen LogP contribution in [0.1, 0.15) is 19.4 Å². The van der Waals surface area contributed by atoms with Gasteiger partial charge in [-0.15, -0.1) is 0 Å². The van der Waals surface area contributed by atoms with Gasteiger partial charge in [-0.1, -0.05) is 17.7 Å². The highest BCUT2D eigenvalue weighted by molar-refractivity contribution is 6.32. The number of benzene rings is 1. The first kappa shape index (κ1) is 11.3. The number of ether oxygens (including phenoxy) is 1. The molecule has 0 aliphatic rings.